The van der Waals surface area contributed by atoms with Crippen molar-refractivity contribution in [2.24, 2.45) is 0 Å². The third-order valence-corrected chi connectivity index (χ3v) is 4.06. The Balaban J connectivity index is 2.08. The number of aliphatic hydroxyl groups is 1. The molecule has 0 aliphatic carbocycles. The topological polar surface area (TPSA) is 20.2 Å². The van der Waals surface area contributed by atoms with Gasteiger partial charge in [0.05, 0.1) is 6.10 Å². The van der Waals surface area contributed by atoms with Gasteiger partial charge in [-0.15, -0.1) is 0 Å². The van der Waals surface area contributed by atoms with Crippen LogP contribution in [0.5, 0.6) is 0 Å². The molecular weight excluding hydrogens is 350 g/mol. The van der Waals surface area contributed by atoms with Gasteiger partial charge in [0.15, 0.2) is 0 Å². The Hall–Kier alpha value is -0.970. The summed E-state index contributed by atoms with van der Waals surface area (Å²) in [5.74, 6) is -0.767. The third-order valence-electron chi connectivity index (χ3n) is 2.93. The molecule has 0 amide bonds. The molecule has 106 valence electrons. The lowest BCUT2D eigenvalue weighted by Crippen LogP contribution is -2.14. The normalized spacial score (nSPS) is 12.4. The van der Waals surface area contributed by atoms with Crippen molar-refractivity contribution in [2.45, 2.75) is 18.9 Å². The van der Waals surface area contributed by atoms with Crippen LogP contribution >= 0.6 is 27.5 Å². The van der Waals surface area contributed by atoms with Gasteiger partial charge in [-0.1, -0.05) is 33.6 Å². The fourth-order valence-corrected chi connectivity index (χ4v) is 2.62. The first-order valence-electron chi connectivity index (χ1n) is 6.01. The summed E-state index contributed by atoms with van der Waals surface area (Å²) in [5, 5.41) is 10.3. The van der Waals surface area contributed by atoms with Crippen LogP contribution in [-0.4, -0.2) is 11.2 Å². The number of aliphatic hydroxyl groups excluding tert-OH is 1. The molecule has 0 aromatic heterocycles. The summed E-state index contributed by atoms with van der Waals surface area (Å²) in [4.78, 5) is 0. The quantitative estimate of drug-likeness (QED) is 0.848. The fraction of sp³-hybridized carbons (Fsp3) is 0.200. The first-order valence-corrected chi connectivity index (χ1v) is 7.18. The molecule has 0 radical (unpaired) electrons. The molecule has 1 unspecified atom stereocenters. The van der Waals surface area contributed by atoms with E-state index in [4.69, 9.17) is 11.6 Å². The van der Waals surface area contributed by atoms with Crippen molar-refractivity contribution < 1.29 is 13.9 Å². The molecule has 0 saturated heterocycles. The van der Waals surface area contributed by atoms with Gasteiger partial charge in [-0.25, -0.2) is 8.78 Å². The van der Waals surface area contributed by atoms with Gasteiger partial charge < -0.3 is 5.11 Å². The van der Waals surface area contributed by atoms with Crippen LogP contribution in [0.2, 0.25) is 5.02 Å². The van der Waals surface area contributed by atoms with E-state index >= 15 is 0 Å². The molecule has 2 aromatic rings. The van der Waals surface area contributed by atoms with Gasteiger partial charge in [0.1, 0.15) is 11.6 Å². The van der Waals surface area contributed by atoms with Gasteiger partial charge in [0.2, 0.25) is 0 Å². The second-order valence-corrected chi connectivity index (χ2v) is 5.80. The first kappa shape index (κ1) is 15.4. The Bertz CT molecular complexity index is 619. The zero-order valence-electron chi connectivity index (χ0n) is 10.4. The minimum atomic E-state index is -0.726. The highest BCUT2D eigenvalue weighted by Crippen LogP contribution is 2.23. The molecule has 1 nitrogen and oxygen atoms in total. The van der Waals surface area contributed by atoms with Crippen LogP contribution in [0, 0.1) is 11.6 Å². The van der Waals surface area contributed by atoms with Crippen LogP contribution in [0.25, 0.3) is 0 Å². The van der Waals surface area contributed by atoms with E-state index in [1.54, 1.807) is 12.1 Å². The SMILES string of the molecule is OC(Cc1ccc(F)cc1Cl)Cc1cc(F)ccc1Br. The zero-order valence-corrected chi connectivity index (χ0v) is 12.8. The fourth-order valence-electron chi connectivity index (χ4n) is 1.97. The second kappa shape index (κ2) is 6.66. The number of hydrogen-bond acceptors (Lipinski definition) is 1. The minimum Gasteiger partial charge on any atom is -0.392 e. The molecule has 1 atom stereocenters. The van der Waals surface area contributed by atoms with E-state index < -0.39 is 11.9 Å². The smallest absolute Gasteiger partial charge is 0.124 e. The van der Waals surface area contributed by atoms with Gasteiger partial charge in [-0.2, -0.15) is 0 Å². The molecular formula is C15H12BrClF2O. The molecule has 0 aliphatic heterocycles. The van der Waals surface area contributed by atoms with Crippen LogP contribution in [0.3, 0.4) is 0 Å². The summed E-state index contributed by atoms with van der Waals surface area (Å²) in [6.45, 7) is 0. The molecule has 1 N–H and O–H groups in total. The third kappa shape index (κ3) is 4.01. The highest BCUT2D eigenvalue weighted by Gasteiger charge is 2.12. The Morgan fingerprint density at radius 2 is 1.60 bits per heavy atom. The lowest BCUT2D eigenvalue weighted by molar-refractivity contribution is 0.175. The summed E-state index contributed by atoms with van der Waals surface area (Å²) >= 11 is 9.23. The van der Waals surface area contributed by atoms with Crippen molar-refractivity contribution in [3.8, 4) is 0 Å². The van der Waals surface area contributed by atoms with Crippen molar-refractivity contribution in [1.29, 1.82) is 0 Å². The molecule has 0 saturated carbocycles. The van der Waals surface area contributed by atoms with E-state index in [9.17, 15) is 13.9 Å². The summed E-state index contributed by atoms with van der Waals surface area (Å²) in [5.41, 5.74) is 1.34. The van der Waals surface area contributed by atoms with Gasteiger partial charge >= 0.3 is 0 Å². The average molecular weight is 362 g/mol. The Morgan fingerprint density at radius 1 is 1.00 bits per heavy atom. The van der Waals surface area contributed by atoms with Crippen molar-refractivity contribution in [2.75, 3.05) is 0 Å². The molecule has 0 fully saturated rings. The second-order valence-electron chi connectivity index (χ2n) is 4.53. The maximum absolute atomic E-state index is 13.2. The van der Waals surface area contributed by atoms with Gasteiger partial charge in [0.25, 0.3) is 0 Å². The van der Waals surface area contributed by atoms with Crippen LogP contribution in [-0.2, 0) is 12.8 Å². The molecule has 0 aliphatic rings. The highest BCUT2D eigenvalue weighted by molar-refractivity contribution is 9.10. The van der Waals surface area contributed by atoms with Crippen LogP contribution in [0.1, 0.15) is 11.1 Å². The van der Waals surface area contributed by atoms with Crippen molar-refractivity contribution in [3.05, 3.63) is 68.7 Å². The van der Waals surface area contributed by atoms with Crippen LogP contribution < -0.4 is 0 Å². The maximum atomic E-state index is 13.2. The van der Waals surface area contributed by atoms with Crippen LogP contribution in [0.4, 0.5) is 8.78 Å². The molecule has 0 spiro atoms. The average Bonchev–Trinajstić information content (AvgIpc) is 2.37. The van der Waals surface area contributed by atoms with E-state index in [-0.39, 0.29) is 23.7 Å². The molecule has 0 heterocycles. The van der Waals surface area contributed by atoms with E-state index in [0.717, 1.165) is 4.47 Å². The van der Waals surface area contributed by atoms with E-state index in [1.165, 1.54) is 24.3 Å². The summed E-state index contributed by atoms with van der Waals surface area (Å²) in [6, 6.07) is 8.37. The molecule has 5 heteroatoms. The maximum Gasteiger partial charge on any atom is 0.124 e. The summed E-state index contributed by atoms with van der Waals surface area (Å²) in [6.07, 6.45) is -0.162. The lowest BCUT2D eigenvalue weighted by Gasteiger charge is -2.13. The number of benzene rings is 2. The van der Waals surface area contributed by atoms with Gasteiger partial charge in [0, 0.05) is 15.9 Å². The Labute approximate surface area is 129 Å². The summed E-state index contributed by atoms with van der Waals surface area (Å²) in [7, 11) is 0. The number of hydrogen-bond donors (Lipinski definition) is 1. The zero-order chi connectivity index (χ0) is 14.7. The van der Waals surface area contributed by atoms with Crippen molar-refractivity contribution >= 4 is 27.5 Å². The molecule has 2 rings (SSSR count). The van der Waals surface area contributed by atoms with Crippen molar-refractivity contribution in [3.63, 3.8) is 0 Å². The predicted molar refractivity (Wildman–Crippen MR) is 78.9 cm³/mol. The predicted octanol–water partition coefficient (Wildman–Crippen LogP) is 4.53. The number of halogens is 4. The van der Waals surface area contributed by atoms with E-state index in [1.807, 2.05) is 0 Å². The monoisotopic (exact) mass is 360 g/mol. The van der Waals surface area contributed by atoms with E-state index in [0.29, 0.717) is 11.1 Å². The number of rotatable bonds is 4. The molecule has 0 bridgehead atoms. The van der Waals surface area contributed by atoms with Gasteiger partial charge in [-0.05, 0) is 47.9 Å². The Kier molecular flexibility index (Phi) is 5.13. The van der Waals surface area contributed by atoms with Gasteiger partial charge in [-0.3, -0.25) is 0 Å². The Morgan fingerprint density at radius 3 is 2.30 bits per heavy atom. The van der Waals surface area contributed by atoms with Crippen molar-refractivity contribution in [1.82, 2.24) is 0 Å². The highest BCUT2D eigenvalue weighted by atomic mass is 79.9. The van der Waals surface area contributed by atoms with E-state index in [2.05, 4.69) is 15.9 Å². The first-order chi connectivity index (χ1) is 9.45. The molecule has 2 aromatic carbocycles. The summed E-state index contributed by atoms with van der Waals surface area (Å²) < 4.78 is 26.8. The largest absolute Gasteiger partial charge is 0.392 e. The minimum absolute atomic E-state index is 0.280. The lowest BCUT2D eigenvalue weighted by atomic mass is 10.0. The molecule has 20 heavy (non-hydrogen) atoms. The van der Waals surface area contributed by atoms with Crippen LogP contribution in [0.15, 0.2) is 40.9 Å². The standard InChI is InChI=1S/C15H12BrClF2O/c16-14-4-3-11(18)5-10(14)7-13(20)6-9-1-2-12(19)8-15(9)17/h1-5,8,13,20H,6-7H2.